The molecule has 0 atom stereocenters. The second-order valence-electron chi connectivity index (χ2n) is 2.67. The van der Waals surface area contributed by atoms with Gasteiger partial charge in [0.2, 0.25) is 0 Å². The van der Waals surface area contributed by atoms with Gasteiger partial charge in [-0.05, 0) is 30.4 Å². The van der Waals surface area contributed by atoms with Gasteiger partial charge in [0.15, 0.2) is 5.11 Å². The van der Waals surface area contributed by atoms with Crippen molar-refractivity contribution in [2.45, 2.75) is 0 Å². The summed E-state index contributed by atoms with van der Waals surface area (Å²) in [6.45, 7) is 0. The van der Waals surface area contributed by atoms with Crippen LogP contribution in [0.4, 0.5) is 5.69 Å². The Kier molecular flexibility index (Phi) is 3.21. The number of nitrogens with two attached hydrogens (primary N) is 1. The average molecular weight is 221 g/mol. The third kappa shape index (κ3) is 2.65. The van der Waals surface area contributed by atoms with E-state index < -0.39 is 5.97 Å². The van der Waals surface area contributed by atoms with E-state index in [0.29, 0.717) is 0 Å². The van der Waals surface area contributed by atoms with Gasteiger partial charge in [-0.25, -0.2) is 4.79 Å². The molecule has 76 valence electrons. The van der Waals surface area contributed by atoms with Crippen LogP contribution in [0, 0.1) is 11.3 Å². The zero-order chi connectivity index (χ0) is 11.4. The van der Waals surface area contributed by atoms with E-state index >= 15 is 0 Å². The maximum Gasteiger partial charge on any atom is 0.337 e. The quantitative estimate of drug-likeness (QED) is 0.642. The van der Waals surface area contributed by atoms with Gasteiger partial charge >= 0.3 is 5.97 Å². The summed E-state index contributed by atoms with van der Waals surface area (Å²) in [6, 6.07) is 6.03. The second kappa shape index (κ2) is 4.39. The normalized spacial score (nSPS) is 9.00. The first-order valence-electron chi connectivity index (χ1n) is 3.88. The van der Waals surface area contributed by atoms with E-state index in [9.17, 15) is 4.79 Å². The number of carbonyl (C=O) groups is 1. The number of hydrogen-bond acceptors (Lipinski definition) is 3. The number of nitrogens with one attached hydrogen (secondary N) is 1. The number of aromatic carboxylic acids is 1. The largest absolute Gasteiger partial charge is 0.478 e. The summed E-state index contributed by atoms with van der Waals surface area (Å²) in [7, 11) is 0. The highest BCUT2D eigenvalue weighted by atomic mass is 32.1. The molecule has 0 saturated heterocycles. The van der Waals surface area contributed by atoms with Crippen LogP contribution < -0.4 is 11.1 Å². The molecular weight excluding hydrogens is 214 g/mol. The van der Waals surface area contributed by atoms with Crippen molar-refractivity contribution < 1.29 is 9.90 Å². The molecule has 0 radical (unpaired) electrons. The minimum atomic E-state index is -1.15. The van der Waals surface area contributed by atoms with Gasteiger partial charge in [-0.2, -0.15) is 5.26 Å². The van der Waals surface area contributed by atoms with Gasteiger partial charge in [-0.3, -0.25) is 0 Å². The van der Waals surface area contributed by atoms with Crippen LogP contribution in [0.2, 0.25) is 0 Å². The molecule has 4 N–H and O–H groups in total. The van der Waals surface area contributed by atoms with Crippen LogP contribution in [-0.4, -0.2) is 16.2 Å². The Labute approximate surface area is 91.1 Å². The average Bonchev–Trinajstić information content (AvgIpc) is 2.17. The molecule has 0 aliphatic rings. The number of hydrogen-bond donors (Lipinski definition) is 3. The Morgan fingerprint density at radius 1 is 1.60 bits per heavy atom. The van der Waals surface area contributed by atoms with Gasteiger partial charge in [0, 0.05) is 0 Å². The predicted octanol–water partition coefficient (Wildman–Crippen LogP) is 0.912. The number of anilines is 1. The van der Waals surface area contributed by atoms with Gasteiger partial charge in [-0.1, -0.05) is 0 Å². The molecule has 0 saturated carbocycles. The van der Waals surface area contributed by atoms with Gasteiger partial charge in [-0.15, -0.1) is 0 Å². The van der Waals surface area contributed by atoms with Crippen LogP contribution >= 0.6 is 12.2 Å². The lowest BCUT2D eigenvalue weighted by molar-refractivity contribution is 0.0698. The lowest BCUT2D eigenvalue weighted by Crippen LogP contribution is -2.20. The summed E-state index contributed by atoms with van der Waals surface area (Å²) in [5.74, 6) is -1.15. The zero-order valence-corrected chi connectivity index (χ0v) is 8.34. The summed E-state index contributed by atoms with van der Waals surface area (Å²) in [4.78, 5) is 10.8. The van der Waals surface area contributed by atoms with Crippen LogP contribution in [0.3, 0.4) is 0 Å². The Morgan fingerprint density at radius 3 is 2.73 bits per heavy atom. The number of nitriles is 1. The highest BCUT2D eigenvalue weighted by molar-refractivity contribution is 7.80. The molecule has 0 aliphatic carbocycles. The van der Waals surface area contributed by atoms with E-state index in [1.54, 1.807) is 0 Å². The van der Waals surface area contributed by atoms with Crippen molar-refractivity contribution in [3.63, 3.8) is 0 Å². The number of rotatable bonds is 2. The second-order valence-corrected chi connectivity index (χ2v) is 3.11. The zero-order valence-electron chi connectivity index (χ0n) is 7.52. The molecule has 0 bridgehead atoms. The van der Waals surface area contributed by atoms with Crippen LogP contribution in [-0.2, 0) is 0 Å². The monoisotopic (exact) mass is 221 g/mol. The minimum absolute atomic E-state index is 0.0257. The molecule has 0 fully saturated rings. The van der Waals surface area contributed by atoms with Gasteiger partial charge in [0.05, 0.1) is 22.9 Å². The molecule has 0 amide bonds. The van der Waals surface area contributed by atoms with E-state index in [0.717, 1.165) is 0 Å². The molecule has 0 unspecified atom stereocenters. The lowest BCUT2D eigenvalue weighted by atomic mass is 10.1. The van der Waals surface area contributed by atoms with Crippen molar-refractivity contribution in [2.24, 2.45) is 5.73 Å². The van der Waals surface area contributed by atoms with E-state index in [-0.39, 0.29) is 21.9 Å². The van der Waals surface area contributed by atoms with Gasteiger partial charge in [0.25, 0.3) is 0 Å². The Bertz CT molecular complexity index is 465. The molecule has 1 aromatic rings. The first-order chi connectivity index (χ1) is 7.04. The first kappa shape index (κ1) is 10.9. The van der Waals surface area contributed by atoms with Crippen LogP contribution in [0.1, 0.15) is 15.9 Å². The summed E-state index contributed by atoms with van der Waals surface area (Å²) in [6.07, 6.45) is 0. The van der Waals surface area contributed by atoms with E-state index in [1.165, 1.54) is 18.2 Å². The van der Waals surface area contributed by atoms with Crippen molar-refractivity contribution in [3.05, 3.63) is 29.3 Å². The Balaban J connectivity index is 3.22. The molecule has 6 heteroatoms. The fourth-order valence-electron chi connectivity index (χ4n) is 1.03. The van der Waals surface area contributed by atoms with Gasteiger partial charge < -0.3 is 16.2 Å². The predicted molar refractivity (Wildman–Crippen MR) is 58.5 cm³/mol. The number of carboxylic acid groups (broad SMARTS) is 1. The summed E-state index contributed by atoms with van der Waals surface area (Å²) in [5, 5.41) is 20.0. The van der Waals surface area contributed by atoms with Crippen molar-refractivity contribution in [3.8, 4) is 6.07 Å². The van der Waals surface area contributed by atoms with E-state index in [4.69, 9.17) is 16.1 Å². The summed E-state index contributed by atoms with van der Waals surface area (Å²) >= 11 is 4.59. The number of benzene rings is 1. The van der Waals surface area contributed by atoms with Crippen molar-refractivity contribution >= 4 is 29.0 Å². The fourth-order valence-corrected chi connectivity index (χ4v) is 1.14. The standard InChI is InChI=1S/C9H7N3O2S/c10-4-5-1-2-7(12-9(11)15)6(3-5)8(13)14/h1-3H,(H,13,14)(H3,11,12,15). The third-order valence-corrected chi connectivity index (χ3v) is 1.74. The van der Waals surface area contributed by atoms with E-state index in [1.807, 2.05) is 6.07 Å². The highest BCUT2D eigenvalue weighted by Gasteiger charge is 2.11. The fraction of sp³-hybridized carbons (Fsp3) is 0. The van der Waals surface area contributed by atoms with Crippen molar-refractivity contribution in [1.82, 2.24) is 0 Å². The van der Waals surface area contributed by atoms with Crippen LogP contribution in [0.5, 0.6) is 0 Å². The SMILES string of the molecule is N#Cc1ccc(NC(N)=S)c(C(=O)O)c1. The van der Waals surface area contributed by atoms with Crippen molar-refractivity contribution in [1.29, 1.82) is 5.26 Å². The smallest absolute Gasteiger partial charge is 0.337 e. The topological polar surface area (TPSA) is 99.1 Å². The minimum Gasteiger partial charge on any atom is -0.478 e. The molecule has 0 aromatic heterocycles. The van der Waals surface area contributed by atoms with Crippen LogP contribution in [0.25, 0.3) is 0 Å². The Hall–Kier alpha value is -2.13. The molecule has 0 heterocycles. The first-order valence-corrected chi connectivity index (χ1v) is 4.29. The van der Waals surface area contributed by atoms with Crippen LogP contribution in [0.15, 0.2) is 18.2 Å². The molecule has 5 nitrogen and oxygen atoms in total. The molecule has 0 spiro atoms. The Morgan fingerprint density at radius 2 is 2.27 bits per heavy atom. The molecule has 0 aliphatic heterocycles. The number of carboxylic acids is 1. The molecular formula is C9H7N3O2S. The number of nitrogens with zero attached hydrogens (tertiary/aromatic N) is 1. The third-order valence-electron chi connectivity index (χ3n) is 1.64. The van der Waals surface area contributed by atoms with E-state index in [2.05, 4.69) is 17.5 Å². The van der Waals surface area contributed by atoms with Gasteiger partial charge in [0.1, 0.15) is 0 Å². The summed E-state index contributed by atoms with van der Waals surface area (Å²) in [5.41, 5.74) is 5.72. The maximum atomic E-state index is 10.8. The lowest BCUT2D eigenvalue weighted by Gasteiger charge is -2.07. The molecule has 15 heavy (non-hydrogen) atoms. The maximum absolute atomic E-state index is 10.8. The molecule has 1 rings (SSSR count). The summed E-state index contributed by atoms with van der Waals surface area (Å²) < 4.78 is 0. The number of thiocarbonyl (C=S) groups is 1. The molecule has 1 aromatic carbocycles. The van der Waals surface area contributed by atoms with Crippen molar-refractivity contribution in [2.75, 3.05) is 5.32 Å². The highest BCUT2D eigenvalue weighted by Crippen LogP contribution is 2.17.